The van der Waals surface area contributed by atoms with Crippen LogP contribution in [0.25, 0.3) is 11.1 Å². The van der Waals surface area contributed by atoms with Gasteiger partial charge in [0.1, 0.15) is 0 Å². The summed E-state index contributed by atoms with van der Waals surface area (Å²) >= 11 is 0. The maximum Gasteiger partial charge on any atom is 0.336 e. The summed E-state index contributed by atoms with van der Waals surface area (Å²) in [6.45, 7) is 0.128. The normalized spacial score (nSPS) is 10.2. The summed E-state index contributed by atoms with van der Waals surface area (Å²) in [6.07, 6.45) is 0. The van der Waals surface area contributed by atoms with Crippen molar-refractivity contribution in [1.82, 2.24) is 0 Å². The lowest BCUT2D eigenvalue weighted by atomic mass is 9.98. The third-order valence-corrected chi connectivity index (χ3v) is 3.02. The lowest BCUT2D eigenvalue weighted by Gasteiger charge is -2.08. The van der Waals surface area contributed by atoms with E-state index in [1.54, 1.807) is 24.3 Å². The van der Waals surface area contributed by atoms with E-state index >= 15 is 0 Å². The Morgan fingerprint density at radius 2 is 1.50 bits per heavy atom. The van der Waals surface area contributed by atoms with Crippen LogP contribution in [0.3, 0.4) is 0 Å². The summed E-state index contributed by atoms with van der Waals surface area (Å²) in [6, 6.07) is 11.3. The van der Waals surface area contributed by atoms with Crippen LogP contribution in [0, 0.1) is 0 Å². The van der Waals surface area contributed by atoms with Gasteiger partial charge >= 0.3 is 11.9 Å². The first-order valence-corrected chi connectivity index (χ1v) is 5.93. The van der Waals surface area contributed by atoms with E-state index < -0.39 is 11.9 Å². The molecule has 0 bridgehead atoms. The monoisotopic (exact) mass is 271 g/mol. The van der Waals surface area contributed by atoms with Crippen molar-refractivity contribution >= 4 is 11.9 Å². The average molecular weight is 271 g/mol. The van der Waals surface area contributed by atoms with E-state index in [0.29, 0.717) is 5.56 Å². The highest BCUT2D eigenvalue weighted by molar-refractivity contribution is 5.91. The van der Waals surface area contributed by atoms with Gasteiger partial charge in [-0.25, -0.2) is 9.59 Å². The molecular formula is C15H13NO4. The van der Waals surface area contributed by atoms with Crippen LogP contribution in [-0.4, -0.2) is 22.2 Å². The van der Waals surface area contributed by atoms with E-state index in [0.717, 1.165) is 11.1 Å². The summed E-state index contributed by atoms with van der Waals surface area (Å²) in [4.78, 5) is 21.8. The van der Waals surface area contributed by atoms with Crippen LogP contribution < -0.4 is 5.73 Å². The fourth-order valence-electron chi connectivity index (χ4n) is 1.96. The molecule has 0 saturated carbocycles. The summed E-state index contributed by atoms with van der Waals surface area (Å²) in [5.74, 6) is -2.00. The van der Waals surface area contributed by atoms with Crippen LogP contribution >= 0.6 is 0 Å². The first-order chi connectivity index (χ1) is 9.52. The van der Waals surface area contributed by atoms with E-state index in [1.165, 1.54) is 18.2 Å². The van der Waals surface area contributed by atoms with Crippen molar-refractivity contribution in [3.8, 4) is 11.1 Å². The van der Waals surface area contributed by atoms with E-state index in [1.807, 2.05) is 0 Å². The van der Waals surface area contributed by atoms with Crippen molar-refractivity contribution in [3.63, 3.8) is 0 Å². The zero-order valence-corrected chi connectivity index (χ0v) is 10.5. The van der Waals surface area contributed by atoms with Gasteiger partial charge in [0.25, 0.3) is 0 Å². The number of aromatic carboxylic acids is 2. The van der Waals surface area contributed by atoms with Gasteiger partial charge in [-0.3, -0.25) is 0 Å². The molecular weight excluding hydrogens is 258 g/mol. The Kier molecular flexibility index (Phi) is 3.81. The van der Waals surface area contributed by atoms with Crippen LogP contribution in [-0.2, 0) is 6.54 Å². The van der Waals surface area contributed by atoms with E-state index in [2.05, 4.69) is 0 Å². The SMILES string of the molecule is NCc1cc(-c2ccc(C(=O)O)cc2)ccc1C(=O)O. The average Bonchev–Trinajstić information content (AvgIpc) is 2.46. The van der Waals surface area contributed by atoms with Crippen LogP contribution in [0.15, 0.2) is 42.5 Å². The Morgan fingerprint density at radius 1 is 0.900 bits per heavy atom. The molecule has 0 aromatic heterocycles. The van der Waals surface area contributed by atoms with Gasteiger partial charge in [0.2, 0.25) is 0 Å². The Hall–Kier alpha value is -2.66. The molecule has 5 nitrogen and oxygen atoms in total. The number of carbonyl (C=O) groups is 2. The Labute approximate surface area is 115 Å². The molecule has 0 fully saturated rings. The molecule has 0 aliphatic carbocycles. The molecule has 0 radical (unpaired) electrons. The molecule has 102 valence electrons. The number of hydrogen-bond acceptors (Lipinski definition) is 3. The third-order valence-electron chi connectivity index (χ3n) is 3.02. The summed E-state index contributed by atoms with van der Waals surface area (Å²) < 4.78 is 0. The summed E-state index contributed by atoms with van der Waals surface area (Å²) in [5, 5.41) is 17.9. The minimum Gasteiger partial charge on any atom is -0.478 e. The summed E-state index contributed by atoms with van der Waals surface area (Å²) in [5.41, 5.74) is 8.09. The third kappa shape index (κ3) is 2.67. The van der Waals surface area contributed by atoms with Gasteiger partial charge in [-0.15, -0.1) is 0 Å². The molecule has 0 unspecified atom stereocenters. The van der Waals surface area contributed by atoms with Gasteiger partial charge in [-0.1, -0.05) is 18.2 Å². The quantitative estimate of drug-likeness (QED) is 0.791. The fraction of sp³-hybridized carbons (Fsp3) is 0.0667. The number of carboxylic acids is 2. The highest BCUT2D eigenvalue weighted by atomic mass is 16.4. The summed E-state index contributed by atoms with van der Waals surface area (Å²) in [7, 11) is 0. The van der Waals surface area contributed by atoms with Crippen molar-refractivity contribution < 1.29 is 19.8 Å². The van der Waals surface area contributed by atoms with Gasteiger partial charge in [0, 0.05) is 6.54 Å². The molecule has 0 atom stereocenters. The van der Waals surface area contributed by atoms with E-state index in [-0.39, 0.29) is 17.7 Å². The van der Waals surface area contributed by atoms with Gasteiger partial charge in [0.15, 0.2) is 0 Å². The lowest BCUT2D eigenvalue weighted by molar-refractivity contribution is 0.0685. The molecule has 20 heavy (non-hydrogen) atoms. The van der Waals surface area contributed by atoms with E-state index in [4.69, 9.17) is 15.9 Å². The predicted octanol–water partition coefficient (Wildman–Crippen LogP) is 2.21. The van der Waals surface area contributed by atoms with Crippen LogP contribution in [0.2, 0.25) is 0 Å². The Morgan fingerprint density at radius 3 is 2.00 bits per heavy atom. The standard InChI is InChI=1S/C15H13NO4/c16-8-12-7-11(5-6-13(12)15(19)20)9-1-3-10(4-2-9)14(17)18/h1-7H,8,16H2,(H,17,18)(H,19,20). The first kappa shape index (κ1) is 13.8. The second-order valence-corrected chi connectivity index (χ2v) is 4.26. The van der Waals surface area contributed by atoms with E-state index in [9.17, 15) is 9.59 Å². The largest absolute Gasteiger partial charge is 0.478 e. The van der Waals surface area contributed by atoms with Crippen molar-refractivity contribution in [2.75, 3.05) is 0 Å². The number of carboxylic acid groups (broad SMARTS) is 2. The maximum absolute atomic E-state index is 11.0. The molecule has 0 aliphatic rings. The van der Waals surface area contributed by atoms with Crippen molar-refractivity contribution in [1.29, 1.82) is 0 Å². The molecule has 4 N–H and O–H groups in total. The van der Waals surface area contributed by atoms with Gasteiger partial charge in [-0.05, 0) is 41.0 Å². The zero-order valence-electron chi connectivity index (χ0n) is 10.5. The Balaban J connectivity index is 2.42. The molecule has 0 spiro atoms. The topological polar surface area (TPSA) is 101 Å². The Bertz CT molecular complexity index is 662. The molecule has 0 saturated heterocycles. The fourth-order valence-corrected chi connectivity index (χ4v) is 1.96. The molecule has 0 aliphatic heterocycles. The molecule has 0 amide bonds. The zero-order chi connectivity index (χ0) is 14.7. The number of hydrogen-bond donors (Lipinski definition) is 3. The van der Waals surface area contributed by atoms with Crippen molar-refractivity contribution in [2.45, 2.75) is 6.54 Å². The molecule has 2 aromatic carbocycles. The van der Waals surface area contributed by atoms with Crippen LogP contribution in [0.5, 0.6) is 0 Å². The predicted molar refractivity (Wildman–Crippen MR) is 73.7 cm³/mol. The second kappa shape index (κ2) is 5.54. The van der Waals surface area contributed by atoms with Crippen LogP contribution in [0.4, 0.5) is 0 Å². The number of nitrogens with two attached hydrogens (primary N) is 1. The molecule has 0 heterocycles. The number of rotatable bonds is 4. The minimum absolute atomic E-state index is 0.128. The first-order valence-electron chi connectivity index (χ1n) is 5.93. The van der Waals surface area contributed by atoms with Crippen LogP contribution in [0.1, 0.15) is 26.3 Å². The second-order valence-electron chi connectivity index (χ2n) is 4.26. The van der Waals surface area contributed by atoms with Crippen molar-refractivity contribution in [3.05, 3.63) is 59.2 Å². The maximum atomic E-state index is 11.0. The minimum atomic E-state index is -1.02. The number of benzene rings is 2. The lowest BCUT2D eigenvalue weighted by Crippen LogP contribution is -2.07. The highest BCUT2D eigenvalue weighted by Gasteiger charge is 2.10. The van der Waals surface area contributed by atoms with Gasteiger partial charge < -0.3 is 15.9 Å². The highest BCUT2D eigenvalue weighted by Crippen LogP contribution is 2.23. The van der Waals surface area contributed by atoms with Gasteiger partial charge in [-0.2, -0.15) is 0 Å². The van der Waals surface area contributed by atoms with Crippen molar-refractivity contribution in [2.24, 2.45) is 5.73 Å². The van der Waals surface area contributed by atoms with Gasteiger partial charge in [0.05, 0.1) is 11.1 Å². The molecule has 5 heteroatoms. The molecule has 2 rings (SSSR count). The molecule has 2 aromatic rings. The smallest absolute Gasteiger partial charge is 0.336 e.